The minimum atomic E-state index is -0.683. The van der Waals surface area contributed by atoms with Crippen LogP contribution in [0.5, 0.6) is 0 Å². The van der Waals surface area contributed by atoms with E-state index in [0.717, 1.165) is 12.1 Å². The summed E-state index contributed by atoms with van der Waals surface area (Å²) in [5.41, 5.74) is 2.39. The van der Waals surface area contributed by atoms with Crippen LogP contribution in [0, 0.1) is 11.6 Å². The van der Waals surface area contributed by atoms with Crippen LogP contribution in [0.25, 0.3) is 0 Å². The van der Waals surface area contributed by atoms with Crippen LogP contribution in [-0.2, 0) is 0 Å². The topological polar surface area (TPSA) is 24.4 Å². The number of hydrogen-bond donors (Lipinski definition) is 1. The lowest BCUT2D eigenvalue weighted by Crippen LogP contribution is -1.91. The molecule has 0 unspecified atom stereocenters. The van der Waals surface area contributed by atoms with Crippen LogP contribution in [0.15, 0.2) is 23.3 Å². The molecule has 2 nitrogen and oxygen atoms in total. The summed E-state index contributed by atoms with van der Waals surface area (Å²) in [6.07, 6.45) is 0. The van der Waals surface area contributed by atoms with E-state index in [-0.39, 0.29) is 5.69 Å². The Labute approximate surface area is 62.5 Å². The Morgan fingerprint density at radius 3 is 2.64 bits per heavy atom. The van der Waals surface area contributed by atoms with E-state index in [0.29, 0.717) is 0 Å². The molecule has 0 radical (unpaired) electrons. The fourth-order valence-electron chi connectivity index (χ4n) is 0.665. The summed E-state index contributed by atoms with van der Waals surface area (Å²) in [4.78, 5) is 0. The van der Waals surface area contributed by atoms with Gasteiger partial charge in [0.15, 0.2) is 5.82 Å². The van der Waals surface area contributed by atoms with Gasteiger partial charge >= 0.3 is 0 Å². The fourth-order valence-corrected chi connectivity index (χ4v) is 0.665. The van der Waals surface area contributed by atoms with E-state index >= 15 is 0 Å². The molecule has 58 valence electrons. The smallest absolute Gasteiger partial charge is 0.151 e. The molecule has 0 bridgehead atoms. The number of nitrogens with zero attached hydrogens (tertiary/aromatic N) is 1. The van der Waals surface area contributed by atoms with Crippen LogP contribution in [-0.4, -0.2) is 6.72 Å². The molecule has 0 aliphatic carbocycles. The Kier molecular flexibility index (Phi) is 2.15. The predicted octanol–water partition coefficient (Wildman–Crippen LogP) is 1.99. The molecule has 0 atom stereocenters. The molecule has 11 heavy (non-hydrogen) atoms. The lowest BCUT2D eigenvalue weighted by Gasteiger charge is -1.99. The van der Waals surface area contributed by atoms with E-state index in [2.05, 4.69) is 17.2 Å². The van der Waals surface area contributed by atoms with Crippen molar-refractivity contribution in [2.45, 2.75) is 0 Å². The Bertz CT molecular complexity index is 273. The van der Waals surface area contributed by atoms with Gasteiger partial charge in [-0.15, -0.1) is 0 Å². The summed E-state index contributed by atoms with van der Waals surface area (Å²) in [7, 11) is 0. The first kappa shape index (κ1) is 7.65. The Morgan fingerprint density at radius 2 is 2.09 bits per heavy atom. The van der Waals surface area contributed by atoms with Crippen molar-refractivity contribution in [1.82, 2.24) is 0 Å². The maximum Gasteiger partial charge on any atom is 0.151 e. The molecule has 0 spiro atoms. The van der Waals surface area contributed by atoms with Gasteiger partial charge < -0.3 is 0 Å². The van der Waals surface area contributed by atoms with Crippen molar-refractivity contribution in [3.63, 3.8) is 0 Å². The highest BCUT2D eigenvalue weighted by Crippen LogP contribution is 2.14. The van der Waals surface area contributed by atoms with Gasteiger partial charge in [-0.1, -0.05) is 0 Å². The third kappa shape index (κ3) is 1.73. The summed E-state index contributed by atoms with van der Waals surface area (Å²) in [6.45, 7) is 3.10. The minimum absolute atomic E-state index is 0.112. The Hall–Kier alpha value is -1.45. The van der Waals surface area contributed by atoms with Gasteiger partial charge in [-0.05, 0) is 12.1 Å². The van der Waals surface area contributed by atoms with Gasteiger partial charge in [0, 0.05) is 12.8 Å². The van der Waals surface area contributed by atoms with Gasteiger partial charge in [0.2, 0.25) is 0 Å². The van der Waals surface area contributed by atoms with Gasteiger partial charge in [-0.25, -0.2) is 8.78 Å². The Balaban J connectivity index is 2.98. The van der Waals surface area contributed by atoms with Gasteiger partial charge in [0.05, 0.1) is 5.69 Å². The molecule has 0 aliphatic rings. The van der Waals surface area contributed by atoms with Crippen molar-refractivity contribution in [3.8, 4) is 0 Å². The number of nitrogens with one attached hydrogen (secondary N) is 1. The quantitative estimate of drug-likeness (QED) is 0.514. The molecule has 1 N–H and O–H groups in total. The number of rotatable bonds is 2. The second kappa shape index (κ2) is 3.09. The van der Waals surface area contributed by atoms with Crippen molar-refractivity contribution in [2.75, 3.05) is 5.43 Å². The van der Waals surface area contributed by atoms with E-state index < -0.39 is 11.6 Å². The van der Waals surface area contributed by atoms with Crippen molar-refractivity contribution in [2.24, 2.45) is 5.10 Å². The predicted molar refractivity (Wildman–Crippen MR) is 39.5 cm³/mol. The molecule has 4 heteroatoms. The van der Waals surface area contributed by atoms with Crippen molar-refractivity contribution >= 4 is 12.4 Å². The van der Waals surface area contributed by atoms with Gasteiger partial charge in [-0.2, -0.15) is 5.10 Å². The van der Waals surface area contributed by atoms with Gasteiger partial charge in [0.25, 0.3) is 0 Å². The summed E-state index contributed by atoms with van der Waals surface area (Å²) in [5.74, 6) is -1.30. The highest BCUT2D eigenvalue weighted by atomic mass is 19.1. The maximum absolute atomic E-state index is 12.6. The van der Waals surface area contributed by atoms with E-state index in [1.54, 1.807) is 0 Å². The summed E-state index contributed by atoms with van der Waals surface area (Å²) >= 11 is 0. The first-order chi connectivity index (χ1) is 5.24. The van der Waals surface area contributed by atoms with Gasteiger partial charge in [0.1, 0.15) is 5.82 Å². The SMILES string of the molecule is C=NNc1ccc(F)cc1F. The molecule has 0 fully saturated rings. The van der Waals surface area contributed by atoms with Crippen molar-refractivity contribution in [3.05, 3.63) is 29.8 Å². The number of anilines is 1. The van der Waals surface area contributed by atoms with Crippen LogP contribution in [0.2, 0.25) is 0 Å². The lowest BCUT2D eigenvalue weighted by molar-refractivity contribution is 0.585. The third-order valence-electron chi connectivity index (χ3n) is 1.13. The molecule has 0 saturated heterocycles. The first-order valence-electron chi connectivity index (χ1n) is 2.91. The number of hydrazone groups is 1. The second-order valence-corrected chi connectivity index (χ2v) is 1.89. The van der Waals surface area contributed by atoms with E-state index in [1.807, 2.05) is 0 Å². The largest absolute Gasteiger partial charge is 0.276 e. The monoisotopic (exact) mass is 156 g/mol. The van der Waals surface area contributed by atoms with Crippen LogP contribution in [0.1, 0.15) is 0 Å². The molecule has 1 aromatic rings. The zero-order chi connectivity index (χ0) is 8.27. The zero-order valence-corrected chi connectivity index (χ0v) is 5.64. The molecule has 1 rings (SSSR count). The van der Waals surface area contributed by atoms with E-state index in [4.69, 9.17) is 0 Å². The molecule has 0 heterocycles. The normalized spacial score (nSPS) is 9.27. The molecule has 1 aromatic carbocycles. The molecular formula is C7H6F2N2. The van der Waals surface area contributed by atoms with Crippen LogP contribution in [0.3, 0.4) is 0 Å². The van der Waals surface area contributed by atoms with Crippen LogP contribution in [0.4, 0.5) is 14.5 Å². The molecular weight excluding hydrogens is 150 g/mol. The number of benzene rings is 1. The zero-order valence-electron chi connectivity index (χ0n) is 5.64. The van der Waals surface area contributed by atoms with Crippen molar-refractivity contribution in [1.29, 1.82) is 0 Å². The Morgan fingerprint density at radius 1 is 1.36 bits per heavy atom. The van der Waals surface area contributed by atoms with E-state index in [9.17, 15) is 8.78 Å². The molecule has 0 aliphatic heterocycles. The third-order valence-corrected chi connectivity index (χ3v) is 1.13. The maximum atomic E-state index is 12.6. The fraction of sp³-hybridized carbons (Fsp3) is 0. The summed E-state index contributed by atoms with van der Waals surface area (Å²) < 4.78 is 24.9. The van der Waals surface area contributed by atoms with Crippen LogP contribution < -0.4 is 5.43 Å². The standard InChI is InChI=1S/C7H6F2N2/c1-10-11-7-3-2-5(8)4-6(7)9/h2-4,11H,1H2. The highest BCUT2D eigenvalue weighted by molar-refractivity contribution is 5.45. The van der Waals surface area contributed by atoms with Crippen molar-refractivity contribution < 1.29 is 8.78 Å². The molecule has 0 amide bonds. The first-order valence-corrected chi connectivity index (χ1v) is 2.91. The number of hydrogen-bond acceptors (Lipinski definition) is 2. The van der Waals surface area contributed by atoms with Crippen LogP contribution >= 0.6 is 0 Å². The minimum Gasteiger partial charge on any atom is -0.276 e. The molecule has 0 saturated carbocycles. The summed E-state index contributed by atoms with van der Waals surface area (Å²) in [5, 5.41) is 3.23. The highest BCUT2D eigenvalue weighted by Gasteiger charge is 2.00. The number of halogens is 2. The average molecular weight is 156 g/mol. The van der Waals surface area contributed by atoms with E-state index in [1.165, 1.54) is 6.07 Å². The molecule has 0 aromatic heterocycles. The van der Waals surface area contributed by atoms with Gasteiger partial charge in [-0.3, -0.25) is 5.43 Å². The average Bonchev–Trinajstić information content (AvgIpc) is 1.95. The lowest BCUT2D eigenvalue weighted by atomic mass is 10.3. The second-order valence-electron chi connectivity index (χ2n) is 1.89. The summed E-state index contributed by atoms with van der Waals surface area (Å²) in [6, 6.07) is 3.16.